The zero-order chi connectivity index (χ0) is 17.7. The van der Waals surface area contributed by atoms with Crippen molar-refractivity contribution in [1.82, 2.24) is 9.80 Å². The van der Waals surface area contributed by atoms with E-state index in [9.17, 15) is 9.59 Å². The first-order valence-corrected chi connectivity index (χ1v) is 8.39. The summed E-state index contributed by atoms with van der Waals surface area (Å²) in [5, 5.41) is 0.587. The Kier molecular flexibility index (Phi) is 6.26. The van der Waals surface area contributed by atoms with Gasteiger partial charge in [-0.3, -0.25) is 9.59 Å². The van der Waals surface area contributed by atoms with E-state index < -0.39 is 0 Å². The Morgan fingerprint density at radius 2 is 1.79 bits per heavy atom. The third-order valence-electron chi connectivity index (χ3n) is 3.99. The van der Waals surface area contributed by atoms with Crippen molar-refractivity contribution in [1.29, 1.82) is 0 Å². The maximum absolute atomic E-state index is 12.3. The molecule has 1 heterocycles. The normalized spacial score (nSPS) is 15.2. The van der Waals surface area contributed by atoms with Crippen LogP contribution >= 0.6 is 11.6 Å². The molecule has 1 aliphatic rings. The van der Waals surface area contributed by atoms with E-state index in [1.54, 1.807) is 36.3 Å². The molecule has 0 unspecified atom stereocenters. The zero-order valence-electron chi connectivity index (χ0n) is 14.3. The summed E-state index contributed by atoms with van der Waals surface area (Å²) in [6.07, 6.45) is 3.23. The van der Waals surface area contributed by atoms with Gasteiger partial charge in [-0.2, -0.15) is 0 Å². The van der Waals surface area contributed by atoms with Crippen molar-refractivity contribution in [3.8, 4) is 5.75 Å². The number of hydrogen-bond donors (Lipinski definition) is 0. The molecule has 2 rings (SSSR count). The average molecular weight is 351 g/mol. The van der Waals surface area contributed by atoms with Gasteiger partial charge in [-0.15, -0.1) is 0 Å². The second-order valence-electron chi connectivity index (χ2n) is 6.02. The lowest BCUT2D eigenvalue weighted by Gasteiger charge is -2.35. The van der Waals surface area contributed by atoms with Crippen molar-refractivity contribution in [2.24, 2.45) is 5.92 Å². The fraction of sp³-hybridized carbons (Fsp3) is 0.444. The molecule has 1 saturated heterocycles. The standard InChI is InChI=1S/C18H23ClN2O3/c1-13(2)18(23)21-10-8-20(9-11-21)17(22)7-4-14-12-15(19)5-6-16(14)24-3/h4-7,12-13H,8-11H2,1-3H3. The first kappa shape index (κ1) is 18.3. The van der Waals surface area contributed by atoms with E-state index in [1.165, 1.54) is 6.08 Å². The molecule has 24 heavy (non-hydrogen) atoms. The molecule has 0 aromatic heterocycles. The van der Waals surface area contributed by atoms with Crippen LogP contribution in [-0.4, -0.2) is 54.9 Å². The Morgan fingerprint density at radius 3 is 2.38 bits per heavy atom. The summed E-state index contributed by atoms with van der Waals surface area (Å²) in [6, 6.07) is 5.26. The summed E-state index contributed by atoms with van der Waals surface area (Å²) in [7, 11) is 1.58. The molecule has 0 spiro atoms. The van der Waals surface area contributed by atoms with Gasteiger partial charge in [0.1, 0.15) is 5.75 Å². The number of methoxy groups -OCH3 is 1. The molecule has 130 valence electrons. The largest absolute Gasteiger partial charge is 0.496 e. The second kappa shape index (κ2) is 8.20. The second-order valence-corrected chi connectivity index (χ2v) is 6.46. The average Bonchev–Trinajstić information content (AvgIpc) is 2.59. The number of piperazine rings is 1. The number of carbonyl (C=O) groups excluding carboxylic acids is 2. The van der Waals surface area contributed by atoms with Gasteiger partial charge < -0.3 is 14.5 Å². The van der Waals surface area contributed by atoms with Crippen LogP contribution in [0.1, 0.15) is 19.4 Å². The van der Waals surface area contributed by atoms with Crippen LogP contribution in [0.4, 0.5) is 0 Å². The van der Waals surface area contributed by atoms with Gasteiger partial charge in [0.05, 0.1) is 7.11 Å². The van der Waals surface area contributed by atoms with Gasteiger partial charge in [0, 0.05) is 48.8 Å². The van der Waals surface area contributed by atoms with Gasteiger partial charge in [0.2, 0.25) is 11.8 Å². The molecule has 0 N–H and O–H groups in total. The summed E-state index contributed by atoms with van der Waals surface area (Å²) in [6.45, 7) is 6.04. The molecule has 5 nitrogen and oxygen atoms in total. The number of benzene rings is 1. The Labute approximate surface area is 147 Å². The van der Waals surface area contributed by atoms with E-state index in [-0.39, 0.29) is 17.7 Å². The van der Waals surface area contributed by atoms with E-state index in [0.29, 0.717) is 37.0 Å². The van der Waals surface area contributed by atoms with Crippen LogP contribution < -0.4 is 4.74 Å². The molecule has 0 atom stereocenters. The van der Waals surface area contributed by atoms with Crippen LogP contribution in [0.25, 0.3) is 6.08 Å². The SMILES string of the molecule is COc1ccc(Cl)cc1C=CC(=O)N1CCN(C(=O)C(C)C)CC1. The molecule has 0 saturated carbocycles. The molecule has 1 fully saturated rings. The summed E-state index contributed by atoms with van der Waals surface area (Å²) >= 11 is 5.99. The molecular weight excluding hydrogens is 328 g/mol. The van der Waals surface area contributed by atoms with Gasteiger partial charge in [0.25, 0.3) is 0 Å². The van der Waals surface area contributed by atoms with Crippen LogP contribution in [-0.2, 0) is 9.59 Å². The highest BCUT2D eigenvalue weighted by Crippen LogP contribution is 2.23. The van der Waals surface area contributed by atoms with E-state index in [4.69, 9.17) is 16.3 Å². The molecule has 0 bridgehead atoms. The van der Waals surface area contributed by atoms with E-state index in [0.717, 1.165) is 5.56 Å². The van der Waals surface area contributed by atoms with Crippen LogP contribution in [0.2, 0.25) is 5.02 Å². The number of nitrogens with zero attached hydrogens (tertiary/aromatic N) is 2. The van der Waals surface area contributed by atoms with Gasteiger partial charge in [-0.1, -0.05) is 25.4 Å². The lowest BCUT2D eigenvalue weighted by molar-refractivity contribution is -0.139. The topological polar surface area (TPSA) is 49.9 Å². The Hall–Kier alpha value is -2.01. The summed E-state index contributed by atoms with van der Waals surface area (Å²) in [5.74, 6) is 0.716. The summed E-state index contributed by atoms with van der Waals surface area (Å²) < 4.78 is 5.26. The van der Waals surface area contributed by atoms with E-state index in [1.807, 2.05) is 18.7 Å². The molecule has 0 radical (unpaired) electrons. The molecule has 1 aliphatic heterocycles. The summed E-state index contributed by atoms with van der Waals surface area (Å²) in [5.41, 5.74) is 0.756. The van der Waals surface area contributed by atoms with Crippen molar-refractivity contribution in [3.63, 3.8) is 0 Å². The van der Waals surface area contributed by atoms with Gasteiger partial charge >= 0.3 is 0 Å². The third kappa shape index (κ3) is 4.51. The minimum absolute atomic E-state index is 0.0116. The number of hydrogen-bond acceptors (Lipinski definition) is 3. The molecule has 6 heteroatoms. The molecule has 2 amide bonds. The fourth-order valence-electron chi connectivity index (χ4n) is 2.61. The Bertz CT molecular complexity index is 635. The lowest BCUT2D eigenvalue weighted by atomic mass is 10.1. The molecule has 1 aromatic carbocycles. The number of rotatable bonds is 4. The first-order valence-electron chi connectivity index (χ1n) is 8.01. The van der Waals surface area contributed by atoms with Crippen molar-refractivity contribution < 1.29 is 14.3 Å². The van der Waals surface area contributed by atoms with Gasteiger partial charge in [-0.05, 0) is 24.3 Å². The Morgan fingerprint density at radius 1 is 1.17 bits per heavy atom. The minimum atomic E-state index is -0.0753. The number of amides is 2. The van der Waals surface area contributed by atoms with Crippen LogP contribution in [0.3, 0.4) is 0 Å². The van der Waals surface area contributed by atoms with E-state index in [2.05, 4.69) is 0 Å². The Balaban J connectivity index is 1.97. The number of carbonyl (C=O) groups is 2. The van der Waals surface area contributed by atoms with Crippen LogP contribution in [0, 0.1) is 5.92 Å². The predicted octanol–water partition coefficient (Wildman–Crippen LogP) is 2.69. The predicted molar refractivity (Wildman–Crippen MR) is 95.0 cm³/mol. The lowest BCUT2D eigenvalue weighted by Crippen LogP contribution is -2.51. The zero-order valence-corrected chi connectivity index (χ0v) is 15.0. The number of ether oxygens (including phenoxy) is 1. The van der Waals surface area contributed by atoms with Gasteiger partial charge in [0.15, 0.2) is 0 Å². The smallest absolute Gasteiger partial charge is 0.246 e. The fourth-order valence-corrected chi connectivity index (χ4v) is 2.79. The third-order valence-corrected chi connectivity index (χ3v) is 4.23. The first-order chi connectivity index (χ1) is 11.4. The van der Waals surface area contributed by atoms with Crippen molar-refractivity contribution in [2.45, 2.75) is 13.8 Å². The highest BCUT2D eigenvalue weighted by Gasteiger charge is 2.24. The van der Waals surface area contributed by atoms with Crippen molar-refractivity contribution >= 4 is 29.5 Å². The maximum atomic E-state index is 12.3. The summed E-state index contributed by atoms with van der Waals surface area (Å²) in [4.78, 5) is 27.9. The maximum Gasteiger partial charge on any atom is 0.246 e. The quantitative estimate of drug-likeness (QED) is 0.784. The van der Waals surface area contributed by atoms with E-state index >= 15 is 0 Å². The minimum Gasteiger partial charge on any atom is -0.496 e. The molecular formula is C18H23ClN2O3. The van der Waals surface area contributed by atoms with Crippen LogP contribution in [0.5, 0.6) is 5.75 Å². The number of halogens is 1. The molecule has 1 aromatic rings. The van der Waals surface area contributed by atoms with Crippen molar-refractivity contribution in [2.75, 3.05) is 33.3 Å². The van der Waals surface area contributed by atoms with Gasteiger partial charge in [-0.25, -0.2) is 0 Å². The van der Waals surface area contributed by atoms with Crippen LogP contribution in [0.15, 0.2) is 24.3 Å². The highest BCUT2D eigenvalue weighted by atomic mass is 35.5. The molecule has 0 aliphatic carbocycles. The van der Waals surface area contributed by atoms with Crippen molar-refractivity contribution in [3.05, 3.63) is 34.9 Å². The highest BCUT2D eigenvalue weighted by molar-refractivity contribution is 6.30. The monoisotopic (exact) mass is 350 g/mol.